The van der Waals surface area contributed by atoms with Crippen molar-refractivity contribution in [2.24, 2.45) is 0 Å². The van der Waals surface area contributed by atoms with E-state index in [1.807, 2.05) is 0 Å². The SMILES string of the molecule is Cc1ccc(-c2nc3c(N4CCN(CCOc5cccc6[nH]c(C(F)(F)F)nc56)CC4)cccc3[nH]2)c(C)c1. The minimum atomic E-state index is -4.53. The molecule has 0 aliphatic carbocycles. The molecule has 1 fully saturated rings. The number of halogens is 3. The van der Waals surface area contributed by atoms with Crippen molar-refractivity contribution in [1.29, 1.82) is 0 Å². The fourth-order valence-corrected chi connectivity index (χ4v) is 5.23. The van der Waals surface area contributed by atoms with Crippen molar-refractivity contribution in [2.45, 2.75) is 20.0 Å². The van der Waals surface area contributed by atoms with Crippen LogP contribution >= 0.6 is 0 Å². The second-order valence-electron chi connectivity index (χ2n) is 9.99. The van der Waals surface area contributed by atoms with E-state index in [-0.39, 0.29) is 5.52 Å². The first-order chi connectivity index (χ1) is 18.8. The molecule has 1 saturated heterocycles. The summed E-state index contributed by atoms with van der Waals surface area (Å²) in [5.41, 5.74) is 7.12. The number of nitrogens with zero attached hydrogens (tertiary/aromatic N) is 4. The van der Waals surface area contributed by atoms with Crippen LogP contribution in [-0.2, 0) is 6.18 Å². The lowest BCUT2D eigenvalue weighted by Crippen LogP contribution is -2.47. The van der Waals surface area contributed by atoms with Gasteiger partial charge in [0.05, 0.1) is 16.7 Å². The third-order valence-electron chi connectivity index (χ3n) is 7.25. The Kier molecular flexibility index (Phi) is 6.42. The van der Waals surface area contributed by atoms with Crippen molar-refractivity contribution in [2.75, 3.05) is 44.2 Å². The third-order valence-corrected chi connectivity index (χ3v) is 7.25. The number of benzene rings is 3. The van der Waals surface area contributed by atoms with Gasteiger partial charge in [0.15, 0.2) is 0 Å². The van der Waals surface area contributed by atoms with Gasteiger partial charge in [-0.2, -0.15) is 13.2 Å². The summed E-state index contributed by atoms with van der Waals surface area (Å²) in [4.78, 5) is 19.2. The molecule has 6 rings (SSSR count). The molecule has 202 valence electrons. The summed E-state index contributed by atoms with van der Waals surface area (Å²) in [6.45, 7) is 8.60. The maximum Gasteiger partial charge on any atom is 0.449 e. The highest BCUT2D eigenvalue weighted by atomic mass is 19.4. The molecule has 39 heavy (non-hydrogen) atoms. The highest BCUT2D eigenvalue weighted by Gasteiger charge is 2.35. The maximum atomic E-state index is 13.1. The number of aromatic nitrogens is 4. The van der Waals surface area contributed by atoms with E-state index in [2.05, 4.69) is 75.0 Å². The Morgan fingerprint density at radius 3 is 2.36 bits per heavy atom. The van der Waals surface area contributed by atoms with Gasteiger partial charge >= 0.3 is 6.18 Å². The molecule has 7 nitrogen and oxygen atoms in total. The minimum Gasteiger partial charge on any atom is -0.490 e. The molecule has 0 bridgehead atoms. The average Bonchev–Trinajstić information content (AvgIpc) is 3.54. The Balaban J connectivity index is 1.09. The van der Waals surface area contributed by atoms with Gasteiger partial charge in [-0.1, -0.05) is 35.9 Å². The number of piperazine rings is 1. The monoisotopic (exact) mass is 534 g/mol. The summed E-state index contributed by atoms with van der Waals surface area (Å²) in [5, 5.41) is 0. The van der Waals surface area contributed by atoms with Gasteiger partial charge in [0.25, 0.3) is 0 Å². The number of hydrogen-bond donors (Lipinski definition) is 2. The highest BCUT2D eigenvalue weighted by molar-refractivity contribution is 5.91. The van der Waals surface area contributed by atoms with Crippen LogP contribution in [0.2, 0.25) is 0 Å². The molecular formula is C29H29F3N6O. The normalized spacial score (nSPS) is 14.9. The van der Waals surface area contributed by atoms with Crippen molar-refractivity contribution in [3.63, 3.8) is 0 Å². The van der Waals surface area contributed by atoms with Crippen molar-refractivity contribution < 1.29 is 17.9 Å². The molecule has 0 radical (unpaired) electrons. The molecular weight excluding hydrogens is 505 g/mol. The molecule has 2 aromatic heterocycles. The van der Waals surface area contributed by atoms with Crippen LogP contribution in [0.4, 0.5) is 18.9 Å². The molecule has 10 heteroatoms. The van der Waals surface area contributed by atoms with E-state index < -0.39 is 12.0 Å². The molecule has 5 aromatic rings. The largest absolute Gasteiger partial charge is 0.490 e. The first-order valence-electron chi connectivity index (χ1n) is 13.0. The van der Waals surface area contributed by atoms with Crippen LogP contribution in [0.3, 0.4) is 0 Å². The number of aryl methyl sites for hydroxylation is 2. The number of alkyl halides is 3. The number of aromatic amines is 2. The van der Waals surface area contributed by atoms with Crippen molar-refractivity contribution in [3.8, 4) is 17.1 Å². The second-order valence-corrected chi connectivity index (χ2v) is 9.99. The first-order valence-corrected chi connectivity index (χ1v) is 13.0. The van der Waals surface area contributed by atoms with Crippen LogP contribution in [0, 0.1) is 13.8 Å². The van der Waals surface area contributed by atoms with E-state index >= 15 is 0 Å². The molecule has 1 aliphatic rings. The molecule has 0 spiro atoms. The summed E-state index contributed by atoms with van der Waals surface area (Å²) in [6.07, 6.45) is -4.53. The van der Waals surface area contributed by atoms with E-state index in [0.717, 1.165) is 54.3 Å². The Morgan fingerprint density at radius 2 is 1.62 bits per heavy atom. The zero-order valence-corrected chi connectivity index (χ0v) is 21.8. The van der Waals surface area contributed by atoms with Crippen LogP contribution in [0.1, 0.15) is 17.0 Å². The number of hydrogen-bond acceptors (Lipinski definition) is 5. The van der Waals surface area contributed by atoms with E-state index in [1.54, 1.807) is 18.2 Å². The highest BCUT2D eigenvalue weighted by Crippen LogP contribution is 2.32. The molecule has 0 amide bonds. The van der Waals surface area contributed by atoms with Gasteiger partial charge in [0.1, 0.15) is 29.2 Å². The number of imidazole rings is 2. The van der Waals surface area contributed by atoms with E-state index in [4.69, 9.17) is 9.72 Å². The summed E-state index contributed by atoms with van der Waals surface area (Å²) < 4.78 is 45.0. The van der Waals surface area contributed by atoms with Crippen LogP contribution in [0.15, 0.2) is 54.6 Å². The summed E-state index contributed by atoms with van der Waals surface area (Å²) in [5.74, 6) is 0.209. The Hall–Kier alpha value is -4.05. The predicted octanol–water partition coefficient (Wildman–Crippen LogP) is 5.94. The quantitative estimate of drug-likeness (QED) is 0.282. The topological polar surface area (TPSA) is 73.1 Å². The van der Waals surface area contributed by atoms with Gasteiger partial charge in [0, 0.05) is 38.3 Å². The molecule has 0 saturated carbocycles. The zero-order valence-electron chi connectivity index (χ0n) is 21.8. The molecule has 3 heterocycles. The number of H-pyrrole nitrogens is 2. The molecule has 2 N–H and O–H groups in total. The Bertz CT molecular complexity index is 1630. The Morgan fingerprint density at radius 1 is 0.872 bits per heavy atom. The lowest BCUT2D eigenvalue weighted by Gasteiger charge is -2.36. The maximum absolute atomic E-state index is 13.1. The molecule has 1 aliphatic heterocycles. The van der Waals surface area contributed by atoms with Gasteiger partial charge in [-0.3, -0.25) is 4.90 Å². The van der Waals surface area contributed by atoms with Crippen LogP contribution in [-0.4, -0.2) is 64.2 Å². The van der Waals surface area contributed by atoms with Crippen LogP contribution < -0.4 is 9.64 Å². The molecule has 0 atom stereocenters. The third kappa shape index (κ3) is 5.04. The average molecular weight is 535 g/mol. The van der Waals surface area contributed by atoms with Gasteiger partial charge in [-0.25, -0.2) is 9.97 Å². The zero-order chi connectivity index (χ0) is 27.1. The lowest BCUT2D eigenvalue weighted by molar-refractivity contribution is -0.144. The second kappa shape index (κ2) is 9.92. The number of anilines is 1. The van der Waals surface area contributed by atoms with Gasteiger partial charge in [0.2, 0.25) is 5.82 Å². The van der Waals surface area contributed by atoms with Crippen molar-refractivity contribution in [3.05, 3.63) is 71.5 Å². The van der Waals surface area contributed by atoms with E-state index in [9.17, 15) is 13.2 Å². The number of para-hydroxylation sites is 2. The Labute approximate surface area is 223 Å². The summed E-state index contributed by atoms with van der Waals surface area (Å²) in [6, 6.07) is 17.5. The van der Waals surface area contributed by atoms with Crippen molar-refractivity contribution >= 4 is 27.8 Å². The fraction of sp³-hybridized carbons (Fsp3) is 0.310. The van der Waals surface area contributed by atoms with Gasteiger partial charge in [-0.15, -0.1) is 0 Å². The standard InChI is InChI=1S/C29H29F3N6O/c1-18-9-10-20(19(2)17-18)27-33-21-5-3-7-23(25(21)35-27)38-13-11-37(12-14-38)15-16-39-24-8-4-6-22-26(24)36-28(34-22)29(30,31)32/h3-10,17H,11-16H2,1-2H3,(H,33,35)(H,34,36). The van der Waals surface area contributed by atoms with E-state index in [1.165, 1.54) is 11.1 Å². The minimum absolute atomic E-state index is 0.196. The van der Waals surface area contributed by atoms with Crippen LogP contribution in [0.5, 0.6) is 5.75 Å². The lowest BCUT2D eigenvalue weighted by atomic mass is 10.1. The number of ether oxygens (including phenoxy) is 1. The smallest absolute Gasteiger partial charge is 0.449 e. The first kappa shape index (κ1) is 25.2. The van der Waals surface area contributed by atoms with Gasteiger partial charge in [-0.05, 0) is 43.7 Å². The molecule has 0 unspecified atom stereocenters. The van der Waals surface area contributed by atoms with Crippen molar-refractivity contribution in [1.82, 2.24) is 24.8 Å². The summed E-state index contributed by atoms with van der Waals surface area (Å²) >= 11 is 0. The molecule has 3 aromatic carbocycles. The fourth-order valence-electron chi connectivity index (χ4n) is 5.23. The number of fused-ring (bicyclic) bond motifs is 2. The van der Waals surface area contributed by atoms with Crippen LogP contribution in [0.25, 0.3) is 33.5 Å². The predicted molar refractivity (Wildman–Crippen MR) is 146 cm³/mol. The number of nitrogens with one attached hydrogen (secondary N) is 2. The van der Waals surface area contributed by atoms with Gasteiger partial charge < -0.3 is 19.6 Å². The summed E-state index contributed by atoms with van der Waals surface area (Å²) in [7, 11) is 0. The van der Waals surface area contributed by atoms with E-state index in [0.29, 0.717) is 24.4 Å². The number of rotatable bonds is 6.